The van der Waals surface area contributed by atoms with Crippen LogP contribution >= 0.6 is 27.3 Å². The number of carboxylic acids is 1. The molecule has 0 saturated carbocycles. The highest BCUT2D eigenvalue weighted by Crippen LogP contribution is 2.23. The van der Waals surface area contributed by atoms with Gasteiger partial charge in [0, 0.05) is 11.1 Å². The van der Waals surface area contributed by atoms with Gasteiger partial charge in [-0.2, -0.15) is 0 Å². The van der Waals surface area contributed by atoms with Crippen LogP contribution in [0.5, 0.6) is 0 Å². The number of nitrogens with one attached hydrogen (secondary N) is 1. The number of halogens is 1. The lowest BCUT2D eigenvalue weighted by Gasteiger charge is -2.06. The number of hydrogen-bond donors (Lipinski definition) is 2. The van der Waals surface area contributed by atoms with Crippen molar-refractivity contribution in [3.05, 3.63) is 44.7 Å². The van der Waals surface area contributed by atoms with Crippen molar-refractivity contribution in [3.8, 4) is 0 Å². The van der Waals surface area contributed by atoms with Crippen molar-refractivity contribution in [2.75, 3.05) is 5.32 Å². The van der Waals surface area contributed by atoms with Crippen LogP contribution in [0.3, 0.4) is 0 Å². The van der Waals surface area contributed by atoms with E-state index in [2.05, 4.69) is 26.2 Å². The molecule has 88 valence electrons. The number of anilines is 1. The molecular weight excluding hydrogens is 304 g/mol. The third kappa shape index (κ3) is 3.04. The summed E-state index contributed by atoms with van der Waals surface area (Å²) in [5.41, 5.74) is 0.183. The van der Waals surface area contributed by atoms with Crippen LogP contribution in [-0.4, -0.2) is 16.1 Å². The summed E-state index contributed by atoms with van der Waals surface area (Å²) in [6.07, 6.45) is 1.57. The molecule has 0 atom stereocenters. The molecule has 2 aromatic heterocycles. The maximum atomic E-state index is 11.0. The predicted octanol–water partition coefficient (Wildman–Crippen LogP) is 3.22. The van der Waals surface area contributed by atoms with E-state index in [1.54, 1.807) is 23.6 Å². The Balaban J connectivity index is 2.11. The Morgan fingerprint density at radius 2 is 2.29 bits per heavy atom. The van der Waals surface area contributed by atoms with Crippen LogP contribution in [0.4, 0.5) is 5.82 Å². The molecule has 0 aliphatic rings. The molecule has 0 aliphatic carbocycles. The maximum absolute atomic E-state index is 11.0. The molecule has 0 bridgehead atoms. The molecule has 0 saturated heterocycles. The van der Waals surface area contributed by atoms with Gasteiger partial charge in [0.05, 0.1) is 10.3 Å². The van der Waals surface area contributed by atoms with E-state index in [4.69, 9.17) is 5.11 Å². The Bertz CT molecular complexity index is 542. The summed E-state index contributed by atoms with van der Waals surface area (Å²) in [7, 11) is 0. The van der Waals surface area contributed by atoms with Gasteiger partial charge in [0.1, 0.15) is 11.4 Å². The van der Waals surface area contributed by atoms with E-state index in [1.807, 2.05) is 12.1 Å². The first-order valence-electron chi connectivity index (χ1n) is 4.83. The molecule has 17 heavy (non-hydrogen) atoms. The van der Waals surface area contributed by atoms with Crippen LogP contribution in [-0.2, 0) is 6.54 Å². The van der Waals surface area contributed by atoms with Gasteiger partial charge in [-0.3, -0.25) is 0 Å². The van der Waals surface area contributed by atoms with Gasteiger partial charge in [0.2, 0.25) is 0 Å². The van der Waals surface area contributed by atoms with Gasteiger partial charge in [-0.05, 0) is 40.2 Å². The molecule has 2 rings (SSSR count). The van der Waals surface area contributed by atoms with Crippen molar-refractivity contribution in [1.82, 2.24) is 4.98 Å². The average Bonchev–Trinajstić information content (AvgIpc) is 2.73. The molecule has 0 aromatic carbocycles. The van der Waals surface area contributed by atoms with Crippen molar-refractivity contribution in [2.45, 2.75) is 6.54 Å². The highest BCUT2D eigenvalue weighted by Gasteiger charge is 2.10. The van der Waals surface area contributed by atoms with Crippen molar-refractivity contribution >= 4 is 39.1 Å². The zero-order valence-electron chi connectivity index (χ0n) is 8.68. The fraction of sp³-hybridized carbons (Fsp3) is 0.0909. The number of rotatable bonds is 4. The SMILES string of the molecule is O=C(O)c1cccnc1NCc1ccc(Br)s1. The Labute approximate surface area is 110 Å². The molecule has 0 aliphatic heterocycles. The van der Waals surface area contributed by atoms with Gasteiger partial charge in [-0.1, -0.05) is 0 Å². The van der Waals surface area contributed by atoms with E-state index >= 15 is 0 Å². The Hall–Kier alpha value is -1.40. The van der Waals surface area contributed by atoms with Gasteiger partial charge in [-0.25, -0.2) is 9.78 Å². The molecule has 2 heterocycles. The number of thiophene rings is 1. The largest absolute Gasteiger partial charge is 0.478 e. The topological polar surface area (TPSA) is 62.2 Å². The number of pyridine rings is 1. The van der Waals surface area contributed by atoms with Gasteiger partial charge in [0.25, 0.3) is 0 Å². The Morgan fingerprint density at radius 1 is 1.47 bits per heavy atom. The molecule has 0 fully saturated rings. The summed E-state index contributed by atoms with van der Waals surface area (Å²) in [5.74, 6) is -0.586. The highest BCUT2D eigenvalue weighted by atomic mass is 79.9. The normalized spacial score (nSPS) is 10.2. The van der Waals surface area contributed by atoms with Crippen LogP contribution in [0.2, 0.25) is 0 Å². The molecule has 0 amide bonds. The first kappa shape index (κ1) is 12.1. The second-order valence-electron chi connectivity index (χ2n) is 3.26. The second-order valence-corrected chi connectivity index (χ2v) is 5.81. The third-order valence-electron chi connectivity index (χ3n) is 2.10. The lowest BCUT2D eigenvalue weighted by atomic mass is 10.2. The number of carbonyl (C=O) groups is 1. The number of aromatic nitrogens is 1. The van der Waals surface area contributed by atoms with E-state index < -0.39 is 5.97 Å². The third-order valence-corrected chi connectivity index (χ3v) is 3.72. The number of carboxylic acid groups (broad SMARTS) is 1. The van der Waals surface area contributed by atoms with E-state index in [1.165, 1.54) is 6.07 Å². The molecule has 2 N–H and O–H groups in total. The summed E-state index contributed by atoms with van der Waals surface area (Å²) in [4.78, 5) is 16.1. The van der Waals surface area contributed by atoms with E-state index in [9.17, 15) is 4.79 Å². The number of nitrogens with zero attached hydrogens (tertiary/aromatic N) is 1. The molecule has 2 aromatic rings. The predicted molar refractivity (Wildman–Crippen MR) is 70.5 cm³/mol. The monoisotopic (exact) mass is 312 g/mol. The van der Waals surface area contributed by atoms with Gasteiger partial charge >= 0.3 is 5.97 Å². The minimum absolute atomic E-state index is 0.183. The van der Waals surface area contributed by atoms with Gasteiger partial charge < -0.3 is 10.4 Å². The zero-order valence-corrected chi connectivity index (χ0v) is 11.1. The lowest BCUT2D eigenvalue weighted by molar-refractivity contribution is 0.0697. The van der Waals surface area contributed by atoms with Crippen LogP contribution in [0, 0.1) is 0 Å². The van der Waals surface area contributed by atoms with Crippen LogP contribution in [0.1, 0.15) is 15.2 Å². The first-order chi connectivity index (χ1) is 8.16. The highest BCUT2D eigenvalue weighted by molar-refractivity contribution is 9.11. The molecular formula is C11H9BrN2O2S. The smallest absolute Gasteiger partial charge is 0.339 e. The van der Waals surface area contributed by atoms with Crippen molar-refractivity contribution < 1.29 is 9.90 Å². The average molecular weight is 313 g/mol. The van der Waals surface area contributed by atoms with E-state index in [-0.39, 0.29) is 5.56 Å². The number of hydrogen-bond acceptors (Lipinski definition) is 4. The second kappa shape index (κ2) is 5.29. The van der Waals surface area contributed by atoms with Crippen LogP contribution in [0.15, 0.2) is 34.2 Å². The first-order valence-corrected chi connectivity index (χ1v) is 6.44. The summed E-state index contributed by atoms with van der Waals surface area (Å²) in [5, 5.41) is 12.0. The minimum Gasteiger partial charge on any atom is -0.478 e. The van der Waals surface area contributed by atoms with E-state index in [0.717, 1.165) is 8.66 Å². The van der Waals surface area contributed by atoms with Gasteiger partial charge in [0.15, 0.2) is 0 Å². The van der Waals surface area contributed by atoms with Crippen molar-refractivity contribution in [2.24, 2.45) is 0 Å². The van der Waals surface area contributed by atoms with Crippen LogP contribution < -0.4 is 5.32 Å². The molecule has 0 unspecified atom stereocenters. The Morgan fingerprint density at radius 3 is 2.94 bits per heavy atom. The summed E-state index contributed by atoms with van der Waals surface area (Å²) in [6.45, 7) is 0.563. The zero-order chi connectivity index (χ0) is 12.3. The summed E-state index contributed by atoms with van der Waals surface area (Å²) >= 11 is 4.98. The summed E-state index contributed by atoms with van der Waals surface area (Å²) in [6, 6.07) is 7.07. The lowest BCUT2D eigenvalue weighted by Crippen LogP contribution is -2.07. The fourth-order valence-electron chi connectivity index (χ4n) is 1.34. The number of aromatic carboxylic acids is 1. The minimum atomic E-state index is -0.979. The van der Waals surface area contributed by atoms with Gasteiger partial charge in [-0.15, -0.1) is 11.3 Å². The van der Waals surface area contributed by atoms with Crippen molar-refractivity contribution in [3.63, 3.8) is 0 Å². The molecule has 0 spiro atoms. The molecule has 4 nitrogen and oxygen atoms in total. The maximum Gasteiger partial charge on any atom is 0.339 e. The fourth-order valence-corrected chi connectivity index (χ4v) is 2.76. The summed E-state index contributed by atoms with van der Waals surface area (Å²) < 4.78 is 1.05. The van der Waals surface area contributed by atoms with E-state index in [0.29, 0.717) is 12.4 Å². The quantitative estimate of drug-likeness (QED) is 0.910. The standard InChI is InChI=1S/C11H9BrN2O2S/c12-9-4-3-7(17-9)6-14-10-8(11(15)16)2-1-5-13-10/h1-5H,6H2,(H,13,14)(H,15,16). The van der Waals surface area contributed by atoms with Crippen LogP contribution in [0.25, 0.3) is 0 Å². The Kier molecular flexibility index (Phi) is 3.75. The molecule has 6 heteroatoms. The van der Waals surface area contributed by atoms with Crippen molar-refractivity contribution in [1.29, 1.82) is 0 Å². The molecule has 0 radical (unpaired) electrons.